The van der Waals surface area contributed by atoms with Crippen molar-refractivity contribution in [2.24, 2.45) is 17.8 Å². The third kappa shape index (κ3) is 6.95. The number of allylic oxidation sites excluding steroid dienone is 1. The number of hydrogen-bond acceptors (Lipinski definition) is 7. The van der Waals surface area contributed by atoms with Gasteiger partial charge in [-0.1, -0.05) is 74.9 Å². The lowest BCUT2D eigenvalue weighted by Gasteiger charge is -2.41. The van der Waals surface area contributed by atoms with Gasteiger partial charge in [-0.15, -0.1) is 13.2 Å². The number of aliphatic hydroxyl groups is 1. The Kier molecular flexibility index (Phi) is 12.1. The highest BCUT2D eigenvalue weighted by molar-refractivity contribution is 6.05. The monoisotopic (exact) mass is 713 g/mol. The number of aliphatic hydroxyl groups excluding tert-OH is 1. The molecule has 1 spiro atoms. The van der Waals surface area contributed by atoms with Gasteiger partial charge in [0.15, 0.2) is 0 Å². The average molecular weight is 714 g/mol. The Hall–Kier alpha value is -4.28. The summed E-state index contributed by atoms with van der Waals surface area (Å²) in [4.78, 5) is 62.5. The lowest BCUT2D eigenvalue weighted by atomic mass is 9.70. The number of esters is 1. The summed E-state index contributed by atoms with van der Waals surface area (Å²) in [7, 11) is 1.69. The van der Waals surface area contributed by atoms with Crippen molar-refractivity contribution in [2.75, 3.05) is 25.1 Å². The van der Waals surface area contributed by atoms with Gasteiger partial charge in [0.1, 0.15) is 17.7 Å². The predicted octanol–water partition coefficient (Wildman–Crippen LogP) is 5.70. The normalized spacial score (nSPS) is 25.5. The number of benzene rings is 2. The van der Waals surface area contributed by atoms with E-state index in [1.165, 1.54) is 4.90 Å². The number of aryl methyl sites for hydroxylation is 2. The van der Waals surface area contributed by atoms with Crippen LogP contribution in [0, 0.1) is 31.6 Å². The van der Waals surface area contributed by atoms with E-state index in [0.29, 0.717) is 36.9 Å². The number of carbonyl (C=O) groups is 4. The van der Waals surface area contributed by atoms with Crippen molar-refractivity contribution in [3.05, 3.63) is 90.5 Å². The van der Waals surface area contributed by atoms with Crippen LogP contribution in [0.15, 0.2) is 73.8 Å². The first kappa shape index (κ1) is 38.9. The van der Waals surface area contributed by atoms with E-state index in [0.717, 1.165) is 11.1 Å². The molecule has 0 radical (unpaired) electrons. The maximum Gasteiger partial charge on any atom is 0.313 e. The zero-order chi connectivity index (χ0) is 37.9. The number of ether oxygens (including phenoxy) is 2. The van der Waals surface area contributed by atoms with E-state index >= 15 is 4.79 Å². The fourth-order valence-corrected chi connectivity index (χ4v) is 8.53. The number of anilines is 1. The van der Waals surface area contributed by atoms with Crippen LogP contribution in [-0.4, -0.2) is 88.6 Å². The number of likely N-dealkylation sites (tertiary alicyclic amines) is 1. The molecular weight excluding hydrogens is 658 g/mol. The molecule has 3 fully saturated rings. The molecule has 0 aliphatic carbocycles. The van der Waals surface area contributed by atoms with Crippen LogP contribution >= 0.6 is 0 Å². The SMILES string of the molecule is C=CCCC(=O)N(C)[C@@H](C)[C@@H](OC(=O)[C@@H]1[C@H]2C(=O)N([C@@H](CO)[C@@H](C)CC)[C@H](C(=O)N(CC=C)c3cc(C)ccc3C)[C@]23CC[C@H]1O3)c1ccccc1. The van der Waals surface area contributed by atoms with Gasteiger partial charge in [-0.2, -0.15) is 0 Å². The minimum absolute atomic E-state index is 0.109. The summed E-state index contributed by atoms with van der Waals surface area (Å²) in [6.07, 6.45) is 4.20. The van der Waals surface area contributed by atoms with Crippen molar-refractivity contribution in [3.8, 4) is 0 Å². The van der Waals surface area contributed by atoms with Crippen molar-refractivity contribution >= 4 is 29.4 Å². The molecule has 1 N–H and O–H groups in total. The number of fused-ring (bicyclic) bond motifs is 1. The van der Waals surface area contributed by atoms with Gasteiger partial charge in [-0.3, -0.25) is 19.2 Å². The quantitative estimate of drug-likeness (QED) is 0.175. The first-order valence-corrected chi connectivity index (χ1v) is 18.6. The van der Waals surface area contributed by atoms with Crippen LogP contribution < -0.4 is 4.90 Å². The molecule has 3 amide bonds. The molecule has 9 atom stereocenters. The van der Waals surface area contributed by atoms with E-state index in [-0.39, 0.29) is 43.2 Å². The van der Waals surface area contributed by atoms with Crippen LogP contribution in [-0.2, 0) is 28.7 Å². The number of amides is 3. The van der Waals surface area contributed by atoms with Gasteiger partial charge in [0, 0.05) is 25.7 Å². The van der Waals surface area contributed by atoms with Gasteiger partial charge in [0.05, 0.1) is 36.6 Å². The molecule has 2 aromatic carbocycles. The molecule has 3 saturated heterocycles. The molecule has 5 rings (SSSR count). The Bertz CT molecular complexity index is 1660. The smallest absolute Gasteiger partial charge is 0.313 e. The molecule has 0 saturated carbocycles. The van der Waals surface area contributed by atoms with Gasteiger partial charge in [-0.05, 0) is 68.7 Å². The summed E-state index contributed by atoms with van der Waals surface area (Å²) in [5, 5.41) is 10.8. The fourth-order valence-electron chi connectivity index (χ4n) is 8.53. The Labute approximate surface area is 308 Å². The summed E-state index contributed by atoms with van der Waals surface area (Å²) < 4.78 is 13.1. The lowest BCUT2D eigenvalue weighted by molar-refractivity contribution is -0.165. The van der Waals surface area contributed by atoms with Gasteiger partial charge in [0.2, 0.25) is 11.8 Å². The molecule has 280 valence electrons. The zero-order valence-corrected chi connectivity index (χ0v) is 31.5. The molecule has 2 aromatic rings. The number of rotatable bonds is 16. The Morgan fingerprint density at radius 3 is 2.46 bits per heavy atom. The molecule has 2 bridgehead atoms. The number of hydrogen-bond donors (Lipinski definition) is 1. The highest BCUT2D eigenvalue weighted by Gasteiger charge is 2.76. The van der Waals surface area contributed by atoms with E-state index in [4.69, 9.17) is 9.47 Å². The molecule has 52 heavy (non-hydrogen) atoms. The van der Waals surface area contributed by atoms with Gasteiger partial charge >= 0.3 is 5.97 Å². The molecule has 3 aliphatic heterocycles. The average Bonchev–Trinajstić information content (AvgIpc) is 3.80. The molecule has 3 aliphatic rings. The number of carbonyl (C=O) groups excluding carboxylic acids is 4. The van der Waals surface area contributed by atoms with E-state index in [9.17, 15) is 19.5 Å². The highest BCUT2D eigenvalue weighted by Crippen LogP contribution is 2.60. The van der Waals surface area contributed by atoms with E-state index in [2.05, 4.69) is 13.2 Å². The Morgan fingerprint density at radius 1 is 1.12 bits per heavy atom. The molecule has 0 unspecified atom stereocenters. The van der Waals surface area contributed by atoms with Gasteiger partial charge < -0.3 is 29.3 Å². The Morgan fingerprint density at radius 2 is 1.83 bits per heavy atom. The van der Waals surface area contributed by atoms with Crippen LogP contribution in [0.3, 0.4) is 0 Å². The van der Waals surface area contributed by atoms with Crippen molar-refractivity contribution in [1.29, 1.82) is 0 Å². The molecule has 3 heterocycles. The molecule has 10 nitrogen and oxygen atoms in total. The first-order chi connectivity index (χ1) is 24.9. The summed E-state index contributed by atoms with van der Waals surface area (Å²) in [5.74, 6) is -3.55. The van der Waals surface area contributed by atoms with Crippen LogP contribution in [0.4, 0.5) is 5.69 Å². The summed E-state index contributed by atoms with van der Waals surface area (Å²) in [6, 6.07) is 12.9. The predicted molar refractivity (Wildman–Crippen MR) is 200 cm³/mol. The number of likely N-dealkylation sites (N-methyl/N-ethyl adjacent to an activating group) is 1. The second-order valence-corrected chi connectivity index (χ2v) is 14.8. The first-order valence-electron chi connectivity index (χ1n) is 18.6. The maximum absolute atomic E-state index is 15.1. The topological polar surface area (TPSA) is 117 Å². The molecule has 0 aromatic heterocycles. The van der Waals surface area contributed by atoms with Crippen LogP contribution in [0.2, 0.25) is 0 Å². The minimum Gasteiger partial charge on any atom is -0.455 e. The third-order valence-electron chi connectivity index (χ3n) is 11.7. The van der Waals surface area contributed by atoms with Gasteiger partial charge in [0.25, 0.3) is 5.91 Å². The van der Waals surface area contributed by atoms with Crippen molar-refractivity contribution in [2.45, 2.75) is 103 Å². The summed E-state index contributed by atoms with van der Waals surface area (Å²) in [5.41, 5.74) is 1.98. The Balaban J connectivity index is 1.56. The largest absolute Gasteiger partial charge is 0.455 e. The van der Waals surface area contributed by atoms with Crippen molar-refractivity contribution in [3.63, 3.8) is 0 Å². The standard InChI is InChI=1S/C42H55N3O7/c1-9-12-18-34(47)43(8)29(7)37(30-16-14-13-15-17-30)51-41(50)35-33-21-22-42(52-33)36(35)39(48)45(32(25-46)27(5)11-3)38(42)40(49)44(23-10-2)31-24-26(4)19-20-28(31)6/h9-10,13-17,19-20,24,27,29,32-33,35-38,46H,1-2,11-12,18,21-23,25H2,3-8H3/t27-,29-,32-,33+,35-,36-,37+,38+,42-/m0/s1. The van der Waals surface area contributed by atoms with Crippen LogP contribution in [0.5, 0.6) is 0 Å². The lowest BCUT2D eigenvalue weighted by Crippen LogP contribution is -2.60. The van der Waals surface area contributed by atoms with E-state index < -0.39 is 53.7 Å². The third-order valence-corrected chi connectivity index (χ3v) is 11.7. The fraction of sp³-hybridized carbons (Fsp3) is 0.524. The van der Waals surface area contributed by atoms with E-state index in [1.54, 1.807) is 29.0 Å². The zero-order valence-electron chi connectivity index (χ0n) is 31.5. The van der Waals surface area contributed by atoms with Crippen LogP contribution in [0.1, 0.15) is 75.7 Å². The van der Waals surface area contributed by atoms with Gasteiger partial charge in [-0.25, -0.2) is 0 Å². The molecule has 10 heteroatoms. The second kappa shape index (κ2) is 16.2. The van der Waals surface area contributed by atoms with Crippen LogP contribution in [0.25, 0.3) is 0 Å². The molecular formula is C42H55N3O7. The second-order valence-electron chi connectivity index (χ2n) is 14.8. The minimum atomic E-state index is -1.30. The summed E-state index contributed by atoms with van der Waals surface area (Å²) in [6.45, 7) is 17.2. The maximum atomic E-state index is 15.1. The van der Waals surface area contributed by atoms with Crippen molar-refractivity contribution < 1.29 is 33.8 Å². The highest BCUT2D eigenvalue weighted by atomic mass is 16.6. The van der Waals surface area contributed by atoms with Crippen molar-refractivity contribution in [1.82, 2.24) is 9.80 Å². The summed E-state index contributed by atoms with van der Waals surface area (Å²) >= 11 is 0. The number of nitrogens with zero attached hydrogens (tertiary/aromatic N) is 3. The van der Waals surface area contributed by atoms with E-state index in [1.807, 2.05) is 83.1 Å².